The maximum Gasteiger partial charge on any atom is 0.244 e. The highest BCUT2D eigenvalue weighted by molar-refractivity contribution is 5.83. The first-order chi connectivity index (χ1) is 11.5. The summed E-state index contributed by atoms with van der Waals surface area (Å²) in [5.41, 5.74) is 1.79. The summed E-state index contributed by atoms with van der Waals surface area (Å²) in [6.45, 7) is 5.90. The van der Waals surface area contributed by atoms with Crippen LogP contribution >= 0.6 is 0 Å². The van der Waals surface area contributed by atoms with Gasteiger partial charge in [-0.2, -0.15) is 5.10 Å². The summed E-state index contributed by atoms with van der Waals surface area (Å²) in [5.74, 6) is -0.304. The number of carbonyl (C=O) groups is 1. The van der Waals surface area contributed by atoms with Gasteiger partial charge in [-0.05, 0) is 45.6 Å². The zero-order chi connectivity index (χ0) is 17.7. The smallest absolute Gasteiger partial charge is 0.244 e. The largest absolute Gasteiger partial charge is 0.337 e. The molecule has 2 aromatic rings. The number of rotatable bonds is 7. The Kier molecular flexibility index (Phi) is 6.09. The number of amides is 1. The Morgan fingerprint density at radius 1 is 1.25 bits per heavy atom. The zero-order valence-corrected chi connectivity index (χ0v) is 14.7. The molecule has 1 atom stereocenters. The van der Waals surface area contributed by atoms with Gasteiger partial charge in [-0.15, -0.1) is 0 Å². The summed E-state index contributed by atoms with van der Waals surface area (Å²) in [7, 11) is 3.71. The Hall–Kier alpha value is -2.21. The van der Waals surface area contributed by atoms with E-state index in [-0.39, 0.29) is 11.7 Å². The number of aryl methyl sites for hydroxylation is 1. The predicted molar refractivity (Wildman–Crippen MR) is 91.8 cm³/mol. The molecule has 0 saturated carbocycles. The van der Waals surface area contributed by atoms with Crippen molar-refractivity contribution in [3.63, 3.8) is 0 Å². The van der Waals surface area contributed by atoms with Gasteiger partial charge in [-0.1, -0.05) is 12.1 Å². The first-order valence-electron chi connectivity index (χ1n) is 8.18. The normalized spacial score (nSPS) is 12.4. The molecule has 0 radical (unpaired) electrons. The standard InChI is InChI=1S/C18H25FN4O/c1-5-22(12-14-11-20-23(6-2)13-14)18(24)17(21(3)4)15-7-9-16(19)10-8-15/h7-11,13,17H,5-6,12H2,1-4H3/t17-/m0/s1. The number of aromatic nitrogens is 2. The van der Waals surface area contributed by atoms with Crippen LogP contribution in [0.1, 0.15) is 31.0 Å². The molecule has 5 nitrogen and oxygen atoms in total. The van der Waals surface area contributed by atoms with Crippen molar-refractivity contribution in [3.8, 4) is 0 Å². The Morgan fingerprint density at radius 3 is 2.42 bits per heavy atom. The molecule has 0 spiro atoms. The second kappa shape index (κ2) is 8.06. The van der Waals surface area contributed by atoms with E-state index in [0.29, 0.717) is 13.1 Å². The van der Waals surface area contributed by atoms with Crippen molar-refractivity contribution in [2.75, 3.05) is 20.6 Å². The molecule has 0 aliphatic rings. The molecule has 0 aliphatic carbocycles. The van der Waals surface area contributed by atoms with Crippen molar-refractivity contribution < 1.29 is 9.18 Å². The van der Waals surface area contributed by atoms with Crippen molar-refractivity contribution >= 4 is 5.91 Å². The summed E-state index contributed by atoms with van der Waals surface area (Å²) in [4.78, 5) is 16.7. The fourth-order valence-corrected chi connectivity index (χ4v) is 2.71. The zero-order valence-electron chi connectivity index (χ0n) is 14.7. The van der Waals surface area contributed by atoms with Gasteiger partial charge >= 0.3 is 0 Å². The van der Waals surface area contributed by atoms with E-state index >= 15 is 0 Å². The lowest BCUT2D eigenvalue weighted by Crippen LogP contribution is -2.40. The van der Waals surface area contributed by atoms with Gasteiger partial charge in [0.2, 0.25) is 5.91 Å². The molecule has 2 rings (SSSR count). The summed E-state index contributed by atoms with van der Waals surface area (Å²) in [5, 5.41) is 4.26. The highest BCUT2D eigenvalue weighted by atomic mass is 19.1. The molecule has 0 fully saturated rings. The van der Waals surface area contributed by atoms with Crippen molar-refractivity contribution in [2.24, 2.45) is 0 Å². The van der Waals surface area contributed by atoms with Crippen molar-refractivity contribution in [2.45, 2.75) is 33.0 Å². The van der Waals surface area contributed by atoms with Crippen LogP contribution in [0.2, 0.25) is 0 Å². The van der Waals surface area contributed by atoms with E-state index < -0.39 is 6.04 Å². The number of hydrogen-bond donors (Lipinski definition) is 0. The quantitative estimate of drug-likeness (QED) is 0.783. The number of likely N-dealkylation sites (N-methyl/N-ethyl adjacent to an activating group) is 2. The molecule has 1 heterocycles. The molecule has 1 aromatic heterocycles. The first-order valence-corrected chi connectivity index (χ1v) is 8.18. The second-order valence-corrected chi connectivity index (χ2v) is 5.97. The van der Waals surface area contributed by atoms with Crippen molar-refractivity contribution in [1.29, 1.82) is 0 Å². The average Bonchev–Trinajstić information content (AvgIpc) is 3.02. The summed E-state index contributed by atoms with van der Waals surface area (Å²) < 4.78 is 15.0. The van der Waals surface area contributed by atoms with Crippen molar-refractivity contribution in [3.05, 3.63) is 53.6 Å². The molecule has 6 heteroatoms. The number of hydrogen-bond acceptors (Lipinski definition) is 3. The van der Waals surface area contributed by atoms with Gasteiger partial charge in [-0.25, -0.2) is 4.39 Å². The minimum Gasteiger partial charge on any atom is -0.337 e. The van der Waals surface area contributed by atoms with E-state index in [0.717, 1.165) is 17.7 Å². The van der Waals surface area contributed by atoms with E-state index in [2.05, 4.69) is 5.10 Å². The monoisotopic (exact) mass is 332 g/mol. The topological polar surface area (TPSA) is 41.4 Å². The van der Waals surface area contributed by atoms with E-state index in [1.54, 1.807) is 23.2 Å². The summed E-state index contributed by atoms with van der Waals surface area (Å²) in [6.07, 6.45) is 3.75. The maximum atomic E-state index is 13.2. The highest BCUT2D eigenvalue weighted by Gasteiger charge is 2.27. The first kappa shape index (κ1) is 18.1. The third kappa shape index (κ3) is 4.20. The van der Waals surface area contributed by atoms with Crippen LogP contribution in [0, 0.1) is 5.82 Å². The number of carbonyl (C=O) groups excluding carboxylic acids is 1. The van der Waals surface area contributed by atoms with Crippen LogP contribution in [-0.4, -0.2) is 46.1 Å². The Morgan fingerprint density at radius 2 is 1.92 bits per heavy atom. The minimum atomic E-state index is -0.438. The lowest BCUT2D eigenvalue weighted by atomic mass is 10.0. The molecule has 1 aromatic carbocycles. The molecular weight excluding hydrogens is 307 g/mol. The third-order valence-electron chi connectivity index (χ3n) is 4.01. The van der Waals surface area contributed by atoms with Crippen LogP contribution in [0.4, 0.5) is 4.39 Å². The van der Waals surface area contributed by atoms with Gasteiger partial charge in [-0.3, -0.25) is 14.4 Å². The molecule has 130 valence electrons. The van der Waals surface area contributed by atoms with Gasteiger partial charge in [0.05, 0.1) is 6.20 Å². The summed E-state index contributed by atoms with van der Waals surface area (Å²) >= 11 is 0. The van der Waals surface area contributed by atoms with Crippen LogP contribution in [0.25, 0.3) is 0 Å². The van der Waals surface area contributed by atoms with Gasteiger partial charge in [0.15, 0.2) is 0 Å². The van der Waals surface area contributed by atoms with Crippen LogP contribution in [0.15, 0.2) is 36.7 Å². The summed E-state index contributed by atoms with van der Waals surface area (Å²) in [6, 6.07) is 5.68. The molecule has 24 heavy (non-hydrogen) atoms. The van der Waals surface area contributed by atoms with Gasteiger partial charge in [0.25, 0.3) is 0 Å². The van der Waals surface area contributed by atoms with Crippen LogP contribution in [-0.2, 0) is 17.9 Å². The Labute approximate surface area is 142 Å². The molecule has 0 N–H and O–H groups in total. The van der Waals surface area contributed by atoms with Crippen LogP contribution < -0.4 is 0 Å². The lowest BCUT2D eigenvalue weighted by molar-refractivity contribution is -0.136. The average molecular weight is 332 g/mol. The molecule has 1 amide bonds. The maximum absolute atomic E-state index is 13.2. The molecular formula is C18H25FN4O. The molecule has 0 bridgehead atoms. The third-order valence-corrected chi connectivity index (χ3v) is 4.01. The lowest BCUT2D eigenvalue weighted by Gasteiger charge is -2.30. The van der Waals surface area contributed by atoms with Gasteiger partial charge in [0.1, 0.15) is 11.9 Å². The van der Waals surface area contributed by atoms with Crippen LogP contribution in [0.5, 0.6) is 0 Å². The van der Waals surface area contributed by atoms with E-state index in [9.17, 15) is 9.18 Å². The van der Waals surface area contributed by atoms with Gasteiger partial charge in [0, 0.05) is 31.4 Å². The second-order valence-electron chi connectivity index (χ2n) is 5.97. The van der Waals surface area contributed by atoms with Crippen molar-refractivity contribution in [1.82, 2.24) is 19.6 Å². The fourth-order valence-electron chi connectivity index (χ4n) is 2.71. The number of nitrogens with zero attached hydrogens (tertiary/aromatic N) is 4. The molecule has 0 saturated heterocycles. The van der Waals surface area contributed by atoms with Gasteiger partial charge < -0.3 is 4.90 Å². The molecule has 0 aliphatic heterocycles. The van der Waals surface area contributed by atoms with E-state index in [1.807, 2.05) is 43.7 Å². The predicted octanol–water partition coefficient (Wildman–Crippen LogP) is 2.69. The highest BCUT2D eigenvalue weighted by Crippen LogP contribution is 2.22. The molecule has 0 unspecified atom stereocenters. The Bertz CT molecular complexity index is 666. The minimum absolute atomic E-state index is 0.00152. The Balaban J connectivity index is 2.21. The fraction of sp³-hybridized carbons (Fsp3) is 0.444. The van der Waals surface area contributed by atoms with E-state index in [1.165, 1.54) is 12.1 Å². The number of halogens is 1. The SMILES string of the molecule is CCN(Cc1cnn(CC)c1)C(=O)[C@H](c1ccc(F)cc1)N(C)C. The number of benzene rings is 1. The van der Waals surface area contributed by atoms with Crippen LogP contribution in [0.3, 0.4) is 0 Å². The van der Waals surface area contributed by atoms with E-state index in [4.69, 9.17) is 0 Å².